The largest absolute Gasteiger partial charge is 0.486 e. The normalized spacial score (nSPS) is 34.4. The molecular formula is C9H13NO2S2. The Bertz CT molecular complexity index is 268. The first kappa shape index (κ1) is 10.1. The van der Waals surface area contributed by atoms with Gasteiger partial charge in [-0.05, 0) is 55.5 Å². The van der Waals surface area contributed by atoms with Gasteiger partial charge >= 0.3 is 0 Å². The lowest BCUT2D eigenvalue weighted by Gasteiger charge is -2.31. The summed E-state index contributed by atoms with van der Waals surface area (Å²) in [6.45, 7) is 0. The molecule has 0 aliphatic heterocycles. The van der Waals surface area contributed by atoms with Gasteiger partial charge in [-0.25, -0.2) is 0 Å². The molecule has 2 aliphatic carbocycles. The van der Waals surface area contributed by atoms with Crippen LogP contribution in [0.4, 0.5) is 0 Å². The van der Waals surface area contributed by atoms with Gasteiger partial charge in [0.2, 0.25) is 0 Å². The predicted octanol–water partition coefficient (Wildman–Crippen LogP) is 2.16. The van der Waals surface area contributed by atoms with Crippen molar-refractivity contribution < 1.29 is 10.2 Å². The van der Waals surface area contributed by atoms with Gasteiger partial charge in [-0.15, -0.1) is 0 Å². The van der Waals surface area contributed by atoms with Crippen LogP contribution in [0.5, 0.6) is 0 Å². The molecule has 0 heterocycles. The van der Waals surface area contributed by atoms with E-state index in [4.69, 9.17) is 0 Å². The Labute approximate surface area is 93.7 Å². The summed E-state index contributed by atoms with van der Waals surface area (Å²) >= 11 is 9.36. The molecule has 0 aromatic rings. The fourth-order valence-electron chi connectivity index (χ4n) is 2.89. The van der Waals surface area contributed by atoms with Crippen molar-refractivity contribution in [2.45, 2.75) is 31.7 Å². The van der Waals surface area contributed by atoms with E-state index in [0.717, 1.165) is 18.8 Å². The van der Waals surface area contributed by atoms with Crippen molar-refractivity contribution in [2.24, 2.45) is 11.8 Å². The zero-order chi connectivity index (χ0) is 10.3. The molecule has 0 spiro atoms. The standard InChI is InChI=1S/C9H13NO2S2/c11-8(13)10(9(12)14)7-4-5-1-2-6(7)3-5/h5-7H,1-4H2,(H,11,13)(H,12,14). The summed E-state index contributed by atoms with van der Waals surface area (Å²) in [5, 5.41) is 18.0. The number of hydrogen-bond donors (Lipinski definition) is 2. The fraction of sp³-hybridized carbons (Fsp3) is 0.778. The molecule has 3 unspecified atom stereocenters. The van der Waals surface area contributed by atoms with E-state index in [1.165, 1.54) is 17.7 Å². The van der Waals surface area contributed by atoms with Crippen LogP contribution in [-0.2, 0) is 0 Å². The van der Waals surface area contributed by atoms with Crippen LogP contribution in [0.1, 0.15) is 25.7 Å². The van der Waals surface area contributed by atoms with Gasteiger partial charge in [-0.1, -0.05) is 6.42 Å². The lowest BCUT2D eigenvalue weighted by Crippen LogP contribution is -2.45. The van der Waals surface area contributed by atoms with E-state index in [2.05, 4.69) is 24.4 Å². The van der Waals surface area contributed by atoms with Crippen molar-refractivity contribution in [1.82, 2.24) is 4.90 Å². The van der Waals surface area contributed by atoms with Crippen molar-refractivity contribution in [3.05, 3.63) is 0 Å². The van der Waals surface area contributed by atoms with E-state index in [9.17, 15) is 10.2 Å². The molecular weight excluding hydrogens is 218 g/mol. The molecule has 0 saturated heterocycles. The molecule has 2 N–H and O–H groups in total. The molecule has 3 atom stereocenters. The maximum absolute atomic E-state index is 9.28. The third-order valence-corrected chi connectivity index (χ3v) is 3.84. The van der Waals surface area contributed by atoms with Crippen molar-refractivity contribution in [2.75, 3.05) is 0 Å². The molecule has 2 bridgehead atoms. The van der Waals surface area contributed by atoms with Gasteiger partial charge in [0.05, 0.1) is 0 Å². The number of nitrogens with zero attached hydrogens (tertiary/aromatic N) is 1. The van der Waals surface area contributed by atoms with Crippen LogP contribution in [0.2, 0.25) is 0 Å². The number of fused-ring (bicyclic) bond motifs is 2. The lowest BCUT2D eigenvalue weighted by atomic mass is 9.94. The van der Waals surface area contributed by atoms with E-state index in [0.29, 0.717) is 5.92 Å². The first-order valence-electron chi connectivity index (χ1n) is 4.84. The highest BCUT2D eigenvalue weighted by Crippen LogP contribution is 2.46. The van der Waals surface area contributed by atoms with Crippen molar-refractivity contribution >= 4 is 34.8 Å². The Morgan fingerprint density at radius 1 is 1.07 bits per heavy atom. The van der Waals surface area contributed by atoms with Gasteiger partial charge in [-0.2, -0.15) is 0 Å². The average Bonchev–Trinajstić information content (AvgIpc) is 2.63. The summed E-state index contributed by atoms with van der Waals surface area (Å²) in [6, 6.07) is 0.128. The average molecular weight is 231 g/mol. The summed E-state index contributed by atoms with van der Waals surface area (Å²) in [6.07, 6.45) is 4.61. The summed E-state index contributed by atoms with van der Waals surface area (Å²) in [7, 11) is 0. The third kappa shape index (κ3) is 1.59. The molecule has 2 rings (SSSR count). The molecule has 14 heavy (non-hydrogen) atoms. The van der Waals surface area contributed by atoms with Crippen molar-refractivity contribution in [3.8, 4) is 0 Å². The first-order valence-corrected chi connectivity index (χ1v) is 5.66. The maximum atomic E-state index is 9.28. The van der Waals surface area contributed by atoms with Crippen LogP contribution in [0.3, 0.4) is 0 Å². The van der Waals surface area contributed by atoms with E-state index in [-0.39, 0.29) is 16.4 Å². The Hall–Kier alpha value is -0.420. The fourth-order valence-corrected chi connectivity index (χ4v) is 3.39. The molecule has 0 radical (unpaired) electrons. The molecule has 0 aromatic carbocycles. The SMILES string of the molecule is OC(=S)N(C(O)=S)C1CC2CCC1C2. The van der Waals surface area contributed by atoms with Gasteiger partial charge in [0.1, 0.15) is 0 Å². The van der Waals surface area contributed by atoms with Crippen LogP contribution < -0.4 is 0 Å². The molecule has 2 fully saturated rings. The zero-order valence-electron chi connectivity index (χ0n) is 7.72. The number of aliphatic hydroxyl groups excluding tert-OH is 2. The van der Waals surface area contributed by atoms with Gasteiger partial charge in [-0.3, -0.25) is 4.90 Å². The first-order chi connectivity index (χ1) is 6.59. The molecule has 0 amide bonds. The Morgan fingerprint density at radius 2 is 1.71 bits per heavy atom. The summed E-state index contributed by atoms with van der Waals surface area (Å²) in [5.74, 6) is 1.27. The molecule has 0 aromatic heterocycles. The quantitative estimate of drug-likeness (QED) is 0.677. The summed E-state index contributed by atoms with van der Waals surface area (Å²) in [4.78, 5) is 1.33. The van der Waals surface area contributed by atoms with Gasteiger partial charge in [0.25, 0.3) is 10.3 Å². The molecule has 2 saturated carbocycles. The van der Waals surface area contributed by atoms with Gasteiger partial charge < -0.3 is 10.2 Å². The van der Waals surface area contributed by atoms with E-state index in [1.807, 2.05) is 0 Å². The molecule has 5 heteroatoms. The molecule has 3 nitrogen and oxygen atoms in total. The van der Waals surface area contributed by atoms with Crippen LogP contribution in [0.25, 0.3) is 0 Å². The highest BCUT2D eigenvalue weighted by Gasteiger charge is 2.44. The Kier molecular flexibility index (Phi) is 2.62. The summed E-state index contributed by atoms with van der Waals surface area (Å²) in [5.41, 5.74) is 0. The number of hydrogen-bond acceptors (Lipinski definition) is 2. The highest BCUT2D eigenvalue weighted by atomic mass is 32.1. The summed E-state index contributed by atoms with van der Waals surface area (Å²) < 4.78 is 0. The smallest absolute Gasteiger partial charge is 0.264 e. The monoisotopic (exact) mass is 231 g/mol. The van der Waals surface area contributed by atoms with Crippen LogP contribution in [0, 0.1) is 11.8 Å². The Morgan fingerprint density at radius 3 is 2.07 bits per heavy atom. The predicted molar refractivity (Wildman–Crippen MR) is 61.5 cm³/mol. The maximum Gasteiger partial charge on any atom is 0.264 e. The Balaban J connectivity index is 2.13. The third-order valence-electron chi connectivity index (χ3n) is 3.44. The molecule has 2 aliphatic rings. The van der Waals surface area contributed by atoms with Gasteiger partial charge in [0, 0.05) is 6.04 Å². The van der Waals surface area contributed by atoms with Crippen molar-refractivity contribution in [3.63, 3.8) is 0 Å². The second-order valence-electron chi connectivity index (χ2n) is 4.18. The van der Waals surface area contributed by atoms with E-state index >= 15 is 0 Å². The minimum Gasteiger partial charge on any atom is -0.486 e. The lowest BCUT2D eigenvalue weighted by molar-refractivity contribution is 0.249. The number of aliphatic hydroxyl groups is 2. The van der Waals surface area contributed by atoms with Crippen LogP contribution in [-0.4, -0.2) is 31.5 Å². The second-order valence-corrected chi connectivity index (χ2v) is 4.91. The number of rotatable bonds is 1. The van der Waals surface area contributed by atoms with Gasteiger partial charge in [0.15, 0.2) is 0 Å². The molecule has 78 valence electrons. The van der Waals surface area contributed by atoms with Crippen molar-refractivity contribution in [1.29, 1.82) is 0 Å². The van der Waals surface area contributed by atoms with Crippen LogP contribution >= 0.6 is 24.4 Å². The van der Waals surface area contributed by atoms with E-state index in [1.54, 1.807) is 0 Å². The minimum absolute atomic E-state index is 0.128. The van der Waals surface area contributed by atoms with Crippen LogP contribution in [0.15, 0.2) is 0 Å². The second kappa shape index (κ2) is 3.62. The minimum atomic E-state index is -0.296. The number of thiocarbonyl (C=S) groups is 2. The topological polar surface area (TPSA) is 43.7 Å². The highest BCUT2D eigenvalue weighted by molar-refractivity contribution is 7.81. The van der Waals surface area contributed by atoms with E-state index < -0.39 is 0 Å². The zero-order valence-corrected chi connectivity index (χ0v) is 9.35.